The molecule has 2 fully saturated rings. The van der Waals surface area contributed by atoms with E-state index in [1.165, 1.54) is 32.1 Å². The van der Waals surface area contributed by atoms with Gasteiger partial charge in [-0.3, -0.25) is 4.79 Å². The van der Waals surface area contributed by atoms with E-state index >= 15 is 0 Å². The molecule has 1 aromatic carbocycles. The summed E-state index contributed by atoms with van der Waals surface area (Å²) in [6.07, 6.45) is 8.47. The summed E-state index contributed by atoms with van der Waals surface area (Å²) in [5.74, 6) is 0.303. The lowest BCUT2D eigenvalue weighted by Crippen LogP contribution is -2.54. The number of benzene rings is 1. The van der Waals surface area contributed by atoms with E-state index in [1.54, 1.807) is 11.8 Å². The van der Waals surface area contributed by atoms with E-state index in [0.717, 1.165) is 24.8 Å². The molecule has 25 heavy (non-hydrogen) atoms. The van der Waals surface area contributed by atoms with Crippen molar-refractivity contribution in [3.05, 3.63) is 35.9 Å². The van der Waals surface area contributed by atoms with Gasteiger partial charge >= 0.3 is 5.97 Å². The van der Waals surface area contributed by atoms with E-state index in [2.05, 4.69) is 0 Å². The Morgan fingerprint density at radius 2 is 1.84 bits per heavy atom. The number of hydrogen-bond acceptors (Lipinski definition) is 3. The molecule has 0 bridgehead atoms. The van der Waals surface area contributed by atoms with Gasteiger partial charge in [-0.25, -0.2) is 4.79 Å². The molecule has 1 saturated heterocycles. The number of carbonyl (C=O) groups excluding carboxylic acids is 2. The summed E-state index contributed by atoms with van der Waals surface area (Å²) in [4.78, 5) is 27.1. The molecular formula is C21H29NO3. The highest BCUT2D eigenvalue weighted by molar-refractivity contribution is 5.88. The average Bonchev–Trinajstić information content (AvgIpc) is 3.06. The van der Waals surface area contributed by atoms with E-state index in [4.69, 9.17) is 4.74 Å². The van der Waals surface area contributed by atoms with Gasteiger partial charge in [0, 0.05) is 13.5 Å². The predicted octanol–water partition coefficient (Wildman–Crippen LogP) is 4.08. The van der Waals surface area contributed by atoms with Gasteiger partial charge < -0.3 is 9.64 Å². The SMILES string of the molecule is CC(=O)N1CCCC1(CC1CCCCC1)C(=O)OCc1ccccc1. The Kier molecular flexibility index (Phi) is 5.77. The third kappa shape index (κ3) is 4.05. The molecule has 4 nitrogen and oxygen atoms in total. The molecular weight excluding hydrogens is 314 g/mol. The minimum absolute atomic E-state index is 0.00929. The zero-order valence-electron chi connectivity index (χ0n) is 15.2. The summed E-state index contributed by atoms with van der Waals surface area (Å²) in [5.41, 5.74) is 0.235. The Hall–Kier alpha value is -1.84. The molecule has 1 aliphatic heterocycles. The van der Waals surface area contributed by atoms with Gasteiger partial charge in [0.15, 0.2) is 0 Å². The highest BCUT2D eigenvalue weighted by Gasteiger charge is 2.51. The highest BCUT2D eigenvalue weighted by Crippen LogP contribution is 2.40. The first-order chi connectivity index (χ1) is 12.1. The molecule has 4 heteroatoms. The minimum Gasteiger partial charge on any atom is -0.459 e. The van der Waals surface area contributed by atoms with Crippen molar-refractivity contribution in [1.29, 1.82) is 0 Å². The molecule has 1 heterocycles. The molecule has 3 rings (SSSR count). The molecule has 136 valence electrons. The summed E-state index contributed by atoms with van der Waals surface area (Å²) in [7, 11) is 0. The van der Waals surface area contributed by atoms with Crippen molar-refractivity contribution < 1.29 is 14.3 Å². The van der Waals surface area contributed by atoms with Crippen LogP contribution in [0.3, 0.4) is 0 Å². The highest BCUT2D eigenvalue weighted by atomic mass is 16.5. The van der Waals surface area contributed by atoms with Crippen LogP contribution in [0.2, 0.25) is 0 Å². The first kappa shape index (κ1) is 18.0. The Morgan fingerprint density at radius 3 is 2.52 bits per heavy atom. The summed E-state index contributed by atoms with van der Waals surface area (Å²) < 4.78 is 5.70. The van der Waals surface area contributed by atoms with E-state index < -0.39 is 5.54 Å². The molecule has 1 saturated carbocycles. The number of amides is 1. The quantitative estimate of drug-likeness (QED) is 0.757. The molecule has 1 aliphatic carbocycles. The molecule has 2 aliphatic rings. The zero-order valence-corrected chi connectivity index (χ0v) is 15.2. The van der Waals surface area contributed by atoms with E-state index in [-0.39, 0.29) is 18.5 Å². The molecule has 0 radical (unpaired) electrons. The van der Waals surface area contributed by atoms with Crippen LogP contribution in [0, 0.1) is 5.92 Å². The lowest BCUT2D eigenvalue weighted by molar-refractivity contribution is -0.164. The summed E-state index contributed by atoms with van der Waals surface area (Å²) in [5, 5.41) is 0. The number of nitrogens with zero attached hydrogens (tertiary/aromatic N) is 1. The van der Waals surface area contributed by atoms with Crippen LogP contribution in [0.25, 0.3) is 0 Å². The monoisotopic (exact) mass is 343 g/mol. The first-order valence-corrected chi connectivity index (χ1v) is 9.61. The second kappa shape index (κ2) is 8.03. The number of ether oxygens (including phenoxy) is 1. The Balaban J connectivity index is 1.75. The van der Waals surface area contributed by atoms with Crippen LogP contribution in [-0.4, -0.2) is 28.9 Å². The lowest BCUT2D eigenvalue weighted by Gasteiger charge is -2.39. The second-order valence-electron chi connectivity index (χ2n) is 7.58. The molecule has 1 amide bonds. The topological polar surface area (TPSA) is 46.6 Å². The summed E-state index contributed by atoms with van der Waals surface area (Å²) in [6, 6.07) is 9.75. The molecule has 1 atom stereocenters. The van der Waals surface area contributed by atoms with Crippen molar-refractivity contribution >= 4 is 11.9 Å². The fourth-order valence-corrected chi connectivity index (χ4v) is 4.57. The molecule has 0 N–H and O–H groups in total. The van der Waals surface area contributed by atoms with Gasteiger partial charge in [-0.2, -0.15) is 0 Å². The lowest BCUT2D eigenvalue weighted by atomic mass is 9.78. The van der Waals surface area contributed by atoms with Crippen LogP contribution in [0.4, 0.5) is 0 Å². The van der Waals surface area contributed by atoms with E-state index in [1.807, 2.05) is 30.3 Å². The second-order valence-corrected chi connectivity index (χ2v) is 7.58. The largest absolute Gasteiger partial charge is 0.459 e. The van der Waals surface area contributed by atoms with Gasteiger partial charge in [-0.1, -0.05) is 62.4 Å². The summed E-state index contributed by atoms with van der Waals surface area (Å²) >= 11 is 0. The van der Waals surface area contributed by atoms with Gasteiger partial charge in [0.05, 0.1) is 0 Å². The number of carbonyl (C=O) groups is 2. The van der Waals surface area contributed by atoms with E-state index in [9.17, 15) is 9.59 Å². The van der Waals surface area contributed by atoms with Crippen LogP contribution in [0.1, 0.15) is 63.9 Å². The van der Waals surface area contributed by atoms with Crippen molar-refractivity contribution in [2.24, 2.45) is 5.92 Å². The predicted molar refractivity (Wildman–Crippen MR) is 96.8 cm³/mol. The average molecular weight is 343 g/mol. The van der Waals surface area contributed by atoms with Crippen molar-refractivity contribution in [2.45, 2.75) is 70.4 Å². The van der Waals surface area contributed by atoms with Crippen molar-refractivity contribution in [1.82, 2.24) is 4.90 Å². The van der Waals surface area contributed by atoms with Gasteiger partial charge in [0.25, 0.3) is 0 Å². The van der Waals surface area contributed by atoms with Gasteiger partial charge in [-0.05, 0) is 30.7 Å². The standard InChI is InChI=1S/C21H29NO3/c1-17(23)22-14-8-13-21(22,15-18-9-4-2-5-10-18)20(24)25-16-19-11-6-3-7-12-19/h3,6-7,11-12,18H,2,4-5,8-10,13-16H2,1H3. The van der Waals surface area contributed by atoms with Crippen molar-refractivity contribution in [3.8, 4) is 0 Å². The third-order valence-corrected chi connectivity index (χ3v) is 5.81. The number of esters is 1. The smallest absolute Gasteiger partial charge is 0.332 e. The van der Waals surface area contributed by atoms with Crippen LogP contribution in [0.5, 0.6) is 0 Å². The summed E-state index contributed by atoms with van der Waals surface area (Å²) in [6.45, 7) is 2.52. The Labute approximate surface area is 150 Å². The molecule has 0 aromatic heterocycles. The maximum absolute atomic E-state index is 13.1. The van der Waals surface area contributed by atoms with Crippen LogP contribution < -0.4 is 0 Å². The number of likely N-dealkylation sites (tertiary alicyclic amines) is 1. The fraction of sp³-hybridized carbons (Fsp3) is 0.619. The van der Waals surface area contributed by atoms with E-state index in [0.29, 0.717) is 12.5 Å². The molecule has 0 spiro atoms. The van der Waals surface area contributed by atoms with Gasteiger partial charge in [0.1, 0.15) is 12.1 Å². The molecule has 1 aromatic rings. The van der Waals surface area contributed by atoms with Crippen molar-refractivity contribution in [3.63, 3.8) is 0 Å². The van der Waals surface area contributed by atoms with Crippen LogP contribution in [-0.2, 0) is 20.9 Å². The Bertz CT molecular complexity index is 594. The maximum Gasteiger partial charge on any atom is 0.332 e. The van der Waals surface area contributed by atoms with Gasteiger partial charge in [-0.15, -0.1) is 0 Å². The maximum atomic E-state index is 13.1. The first-order valence-electron chi connectivity index (χ1n) is 9.61. The van der Waals surface area contributed by atoms with Crippen LogP contribution >= 0.6 is 0 Å². The fourth-order valence-electron chi connectivity index (χ4n) is 4.57. The van der Waals surface area contributed by atoms with Crippen molar-refractivity contribution in [2.75, 3.05) is 6.54 Å². The Morgan fingerprint density at radius 1 is 1.12 bits per heavy atom. The normalized spacial score (nSPS) is 24.3. The third-order valence-electron chi connectivity index (χ3n) is 5.81. The number of hydrogen-bond donors (Lipinski definition) is 0. The van der Waals surface area contributed by atoms with Gasteiger partial charge in [0.2, 0.25) is 5.91 Å². The minimum atomic E-state index is -0.747. The number of rotatable bonds is 5. The molecule has 1 unspecified atom stereocenters. The van der Waals surface area contributed by atoms with Crippen LogP contribution in [0.15, 0.2) is 30.3 Å². The zero-order chi connectivity index (χ0) is 17.7.